The minimum absolute atomic E-state index is 1.07. The van der Waals surface area contributed by atoms with Crippen LogP contribution in [0.15, 0.2) is 0 Å². The molecule has 0 spiro atoms. The van der Waals surface area contributed by atoms with E-state index in [9.17, 15) is 0 Å². The van der Waals surface area contributed by atoms with Gasteiger partial charge in [-0.2, -0.15) is 0 Å². The van der Waals surface area contributed by atoms with Gasteiger partial charge in [0, 0.05) is 13.1 Å². The molecule has 0 radical (unpaired) electrons. The molecule has 1 saturated carbocycles. The monoisotopic (exact) mass is 349 g/mol. The Morgan fingerprint density at radius 2 is 0.960 bits per heavy atom. The Morgan fingerprint density at radius 3 is 1.40 bits per heavy atom. The molecule has 1 heterocycles. The SMILES string of the molecule is CCCCCCCCCCCCCCCCN1CC2CCCCC2C1. The molecular weight excluding hydrogens is 302 g/mol. The summed E-state index contributed by atoms with van der Waals surface area (Å²) in [4.78, 5) is 2.79. The highest BCUT2D eigenvalue weighted by Crippen LogP contribution is 2.36. The van der Waals surface area contributed by atoms with Gasteiger partial charge < -0.3 is 4.90 Å². The molecule has 1 saturated heterocycles. The first-order valence-corrected chi connectivity index (χ1v) is 12.1. The van der Waals surface area contributed by atoms with Crippen LogP contribution in [0.2, 0.25) is 0 Å². The molecule has 148 valence electrons. The molecule has 1 aliphatic heterocycles. The standard InChI is InChI=1S/C24H47N/c1-2-3-4-5-6-7-8-9-10-11-12-13-14-17-20-25-21-23-18-15-16-19-24(23)22-25/h23-24H,2-22H2,1H3. The number of fused-ring (bicyclic) bond motifs is 1. The lowest BCUT2D eigenvalue weighted by atomic mass is 9.82. The second-order valence-corrected chi connectivity index (χ2v) is 9.16. The summed E-state index contributed by atoms with van der Waals surface area (Å²) in [7, 11) is 0. The van der Waals surface area contributed by atoms with Crippen LogP contribution in [0.25, 0.3) is 0 Å². The van der Waals surface area contributed by atoms with Crippen LogP contribution < -0.4 is 0 Å². The van der Waals surface area contributed by atoms with E-state index in [2.05, 4.69) is 11.8 Å². The van der Waals surface area contributed by atoms with Gasteiger partial charge in [-0.15, -0.1) is 0 Å². The zero-order valence-corrected chi connectivity index (χ0v) is 17.5. The highest BCUT2D eigenvalue weighted by atomic mass is 15.1. The third kappa shape index (κ3) is 9.45. The number of hydrogen-bond acceptors (Lipinski definition) is 1. The Labute approximate surface area is 159 Å². The molecule has 0 aromatic rings. The van der Waals surface area contributed by atoms with Gasteiger partial charge in [0.25, 0.3) is 0 Å². The Hall–Kier alpha value is -0.0400. The number of likely N-dealkylation sites (tertiary alicyclic amines) is 1. The lowest BCUT2D eigenvalue weighted by Gasteiger charge is -2.23. The van der Waals surface area contributed by atoms with E-state index in [1.165, 1.54) is 135 Å². The molecule has 0 aromatic carbocycles. The van der Waals surface area contributed by atoms with Crippen LogP contribution in [0.4, 0.5) is 0 Å². The maximum absolute atomic E-state index is 2.79. The predicted molar refractivity (Wildman–Crippen MR) is 112 cm³/mol. The highest BCUT2D eigenvalue weighted by Gasteiger charge is 2.33. The van der Waals surface area contributed by atoms with E-state index in [0.29, 0.717) is 0 Å². The first-order valence-electron chi connectivity index (χ1n) is 12.1. The molecule has 0 amide bonds. The van der Waals surface area contributed by atoms with Gasteiger partial charge in [0.05, 0.1) is 0 Å². The fourth-order valence-electron chi connectivity index (χ4n) is 5.22. The van der Waals surface area contributed by atoms with Gasteiger partial charge in [-0.3, -0.25) is 0 Å². The van der Waals surface area contributed by atoms with Crippen LogP contribution >= 0.6 is 0 Å². The Kier molecular flexibility index (Phi) is 12.0. The summed E-state index contributed by atoms with van der Waals surface area (Å²) in [5.74, 6) is 2.14. The van der Waals surface area contributed by atoms with Crippen molar-refractivity contribution in [3.63, 3.8) is 0 Å². The van der Waals surface area contributed by atoms with E-state index in [1.807, 2.05) is 0 Å². The normalized spacial score (nSPS) is 23.9. The lowest BCUT2D eigenvalue weighted by Crippen LogP contribution is -2.22. The molecule has 2 aliphatic rings. The molecule has 1 heteroatoms. The molecule has 2 atom stereocenters. The second-order valence-electron chi connectivity index (χ2n) is 9.16. The molecule has 2 unspecified atom stereocenters. The van der Waals surface area contributed by atoms with Crippen molar-refractivity contribution >= 4 is 0 Å². The van der Waals surface area contributed by atoms with E-state index in [4.69, 9.17) is 0 Å². The van der Waals surface area contributed by atoms with Crippen LogP contribution in [0.3, 0.4) is 0 Å². The summed E-state index contributed by atoms with van der Waals surface area (Å²) in [6.07, 6.45) is 26.7. The molecule has 2 fully saturated rings. The van der Waals surface area contributed by atoms with E-state index in [0.717, 1.165) is 11.8 Å². The van der Waals surface area contributed by atoms with Gasteiger partial charge in [-0.25, -0.2) is 0 Å². The van der Waals surface area contributed by atoms with Crippen molar-refractivity contribution in [1.29, 1.82) is 0 Å². The average molecular weight is 350 g/mol. The van der Waals surface area contributed by atoms with E-state index in [1.54, 1.807) is 0 Å². The van der Waals surface area contributed by atoms with Crippen LogP contribution in [0.5, 0.6) is 0 Å². The smallest absolute Gasteiger partial charge is 0.00129 e. The van der Waals surface area contributed by atoms with Crippen LogP contribution in [-0.2, 0) is 0 Å². The zero-order chi connectivity index (χ0) is 17.6. The molecular formula is C24H47N. The van der Waals surface area contributed by atoms with Crippen molar-refractivity contribution in [3.8, 4) is 0 Å². The Balaban J connectivity index is 1.28. The number of nitrogens with zero attached hydrogens (tertiary/aromatic N) is 1. The first kappa shape index (κ1) is 21.3. The lowest BCUT2D eigenvalue weighted by molar-refractivity contribution is 0.299. The van der Waals surface area contributed by atoms with Gasteiger partial charge in [0.2, 0.25) is 0 Å². The molecule has 0 N–H and O–H groups in total. The third-order valence-corrected chi connectivity index (χ3v) is 6.88. The quantitative estimate of drug-likeness (QED) is 0.275. The predicted octanol–water partition coefficient (Wildman–Crippen LogP) is 7.59. The summed E-state index contributed by atoms with van der Waals surface area (Å²) in [6, 6.07) is 0. The van der Waals surface area contributed by atoms with Crippen molar-refractivity contribution in [1.82, 2.24) is 4.90 Å². The minimum atomic E-state index is 1.07. The van der Waals surface area contributed by atoms with Crippen LogP contribution in [0.1, 0.15) is 122 Å². The molecule has 1 nitrogen and oxygen atoms in total. The second kappa shape index (κ2) is 14.1. The van der Waals surface area contributed by atoms with Gasteiger partial charge in [-0.05, 0) is 37.6 Å². The summed E-state index contributed by atoms with van der Waals surface area (Å²) >= 11 is 0. The third-order valence-electron chi connectivity index (χ3n) is 6.88. The molecule has 0 bridgehead atoms. The van der Waals surface area contributed by atoms with Crippen molar-refractivity contribution in [2.24, 2.45) is 11.8 Å². The highest BCUT2D eigenvalue weighted by molar-refractivity contribution is 4.86. The van der Waals surface area contributed by atoms with Crippen molar-refractivity contribution in [3.05, 3.63) is 0 Å². The number of unbranched alkanes of at least 4 members (excludes halogenated alkanes) is 13. The summed E-state index contributed by atoms with van der Waals surface area (Å²) in [6.45, 7) is 6.56. The van der Waals surface area contributed by atoms with E-state index >= 15 is 0 Å². The number of rotatable bonds is 15. The summed E-state index contributed by atoms with van der Waals surface area (Å²) in [5, 5.41) is 0. The molecule has 2 rings (SSSR count). The molecule has 0 aromatic heterocycles. The topological polar surface area (TPSA) is 3.24 Å². The summed E-state index contributed by atoms with van der Waals surface area (Å²) in [5.41, 5.74) is 0. The maximum Gasteiger partial charge on any atom is 0.00129 e. The first-order chi connectivity index (χ1) is 12.4. The Morgan fingerprint density at radius 1 is 0.560 bits per heavy atom. The zero-order valence-electron chi connectivity index (χ0n) is 17.5. The fourth-order valence-corrected chi connectivity index (χ4v) is 5.22. The minimum Gasteiger partial charge on any atom is -0.303 e. The summed E-state index contributed by atoms with van der Waals surface area (Å²) < 4.78 is 0. The van der Waals surface area contributed by atoms with Gasteiger partial charge in [0.1, 0.15) is 0 Å². The van der Waals surface area contributed by atoms with E-state index < -0.39 is 0 Å². The largest absolute Gasteiger partial charge is 0.303 e. The van der Waals surface area contributed by atoms with Gasteiger partial charge >= 0.3 is 0 Å². The van der Waals surface area contributed by atoms with Crippen LogP contribution in [-0.4, -0.2) is 24.5 Å². The molecule has 25 heavy (non-hydrogen) atoms. The average Bonchev–Trinajstić information content (AvgIpc) is 3.05. The van der Waals surface area contributed by atoms with Gasteiger partial charge in [0.15, 0.2) is 0 Å². The van der Waals surface area contributed by atoms with E-state index in [-0.39, 0.29) is 0 Å². The van der Waals surface area contributed by atoms with Crippen molar-refractivity contribution < 1.29 is 0 Å². The van der Waals surface area contributed by atoms with Crippen molar-refractivity contribution in [2.45, 2.75) is 122 Å². The Bertz CT molecular complexity index is 286. The van der Waals surface area contributed by atoms with Crippen molar-refractivity contribution in [2.75, 3.05) is 19.6 Å². The van der Waals surface area contributed by atoms with Crippen LogP contribution in [0, 0.1) is 11.8 Å². The number of hydrogen-bond donors (Lipinski definition) is 0. The molecule has 1 aliphatic carbocycles. The maximum atomic E-state index is 2.79. The fraction of sp³-hybridized carbons (Fsp3) is 1.00. The van der Waals surface area contributed by atoms with Gasteiger partial charge in [-0.1, -0.05) is 103 Å².